The minimum absolute atomic E-state index is 0.0330. The third-order valence-electron chi connectivity index (χ3n) is 1.26. The molecule has 1 nitrogen and oxygen atoms in total. The highest BCUT2D eigenvalue weighted by Crippen LogP contribution is 2.04. The van der Waals surface area contributed by atoms with Crippen molar-refractivity contribution in [1.29, 1.82) is 0 Å². The van der Waals surface area contributed by atoms with Crippen molar-refractivity contribution in [2.75, 3.05) is 0 Å². The second-order valence-corrected chi connectivity index (χ2v) is 3.13. The third-order valence-corrected chi connectivity index (χ3v) is 1.26. The van der Waals surface area contributed by atoms with E-state index in [4.69, 9.17) is 0 Å². The van der Waals surface area contributed by atoms with Crippen LogP contribution in [0.3, 0.4) is 0 Å². The molecule has 0 bridgehead atoms. The summed E-state index contributed by atoms with van der Waals surface area (Å²) < 4.78 is 0. The van der Waals surface area contributed by atoms with Crippen LogP contribution in [0.1, 0.15) is 27.7 Å². The van der Waals surface area contributed by atoms with Gasteiger partial charge in [0.2, 0.25) is 0 Å². The summed E-state index contributed by atoms with van der Waals surface area (Å²) >= 11 is 0. The molecule has 1 unspecified atom stereocenters. The Balaban J connectivity index is 4.22. The van der Waals surface area contributed by atoms with Crippen molar-refractivity contribution >= 4 is 6.29 Å². The Bertz CT molecular complexity index is 183. The summed E-state index contributed by atoms with van der Waals surface area (Å²) in [5.41, 5.74) is 2.42. The fourth-order valence-corrected chi connectivity index (χ4v) is 0.957. The SMILES string of the molecule is CC(C)=C/C(C)=C\C(C)C=O. The number of rotatable bonds is 3. The molecule has 0 heterocycles. The van der Waals surface area contributed by atoms with Crippen LogP contribution in [0.2, 0.25) is 0 Å². The van der Waals surface area contributed by atoms with E-state index in [1.807, 2.05) is 33.8 Å². The molecule has 0 aromatic rings. The van der Waals surface area contributed by atoms with Gasteiger partial charge in [0.15, 0.2) is 0 Å². The van der Waals surface area contributed by atoms with Crippen LogP contribution in [0.15, 0.2) is 23.3 Å². The molecule has 11 heavy (non-hydrogen) atoms. The van der Waals surface area contributed by atoms with E-state index in [1.54, 1.807) is 0 Å². The second kappa shape index (κ2) is 4.89. The molecule has 0 amide bonds. The predicted molar refractivity (Wildman–Crippen MR) is 48.4 cm³/mol. The minimum Gasteiger partial charge on any atom is -0.303 e. The Morgan fingerprint density at radius 3 is 2.18 bits per heavy atom. The van der Waals surface area contributed by atoms with E-state index in [0.717, 1.165) is 11.9 Å². The van der Waals surface area contributed by atoms with Gasteiger partial charge in [-0.05, 0) is 20.8 Å². The van der Waals surface area contributed by atoms with Crippen LogP contribution < -0.4 is 0 Å². The van der Waals surface area contributed by atoms with Gasteiger partial charge in [-0.15, -0.1) is 0 Å². The first kappa shape index (κ1) is 10.2. The first-order valence-corrected chi connectivity index (χ1v) is 3.85. The average molecular weight is 152 g/mol. The lowest BCUT2D eigenvalue weighted by atomic mass is 10.1. The molecular weight excluding hydrogens is 136 g/mol. The Morgan fingerprint density at radius 2 is 1.82 bits per heavy atom. The molecule has 0 aliphatic rings. The maximum absolute atomic E-state index is 10.3. The van der Waals surface area contributed by atoms with Crippen LogP contribution in [-0.4, -0.2) is 6.29 Å². The largest absolute Gasteiger partial charge is 0.303 e. The highest BCUT2D eigenvalue weighted by Gasteiger charge is 1.92. The molecule has 0 spiro atoms. The Morgan fingerprint density at radius 1 is 1.27 bits per heavy atom. The molecule has 1 atom stereocenters. The van der Waals surface area contributed by atoms with Crippen molar-refractivity contribution in [3.05, 3.63) is 23.3 Å². The van der Waals surface area contributed by atoms with Gasteiger partial charge in [0.1, 0.15) is 6.29 Å². The summed E-state index contributed by atoms with van der Waals surface area (Å²) in [7, 11) is 0. The Labute approximate surface area is 68.8 Å². The van der Waals surface area contributed by atoms with Crippen molar-refractivity contribution in [1.82, 2.24) is 0 Å². The molecule has 0 saturated heterocycles. The van der Waals surface area contributed by atoms with Crippen molar-refractivity contribution in [3.8, 4) is 0 Å². The number of aldehydes is 1. The lowest BCUT2D eigenvalue weighted by Gasteiger charge is -1.96. The zero-order valence-corrected chi connectivity index (χ0v) is 7.72. The van der Waals surface area contributed by atoms with E-state index in [2.05, 4.69) is 6.08 Å². The molecule has 0 radical (unpaired) electrons. The molecule has 0 aromatic heterocycles. The van der Waals surface area contributed by atoms with Gasteiger partial charge in [0.25, 0.3) is 0 Å². The van der Waals surface area contributed by atoms with E-state index in [1.165, 1.54) is 5.57 Å². The van der Waals surface area contributed by atoms with Crippen LogP contribution >= 0.6 is 0 Å². The highest BCUT2D eigenvalue weighted by molar-refractivity contribution is 5.56. The van der Waals surface area contributed by atoms with Gasteiger partial charge in [0, 0.05) is 5.92 Å². The molecule has 0 rings (SSSR count). The van der Waals surface area contributed by atoms with Crippen LogP contribution in [0, 0.1) is 5.92 Å². The van der Waals surface area contributed by atoms with Crippen LogP contribution in [-0.2, 0) is 4.79 Å². The van der Waals surface area contributed by atoms with Crippen LogP contribution in [0.25, 0.3) is 0 Å². The number of hydrogen-bond donors (Lipinski definition) is 0. The number of allylic oxidation sites excluding steroid dienone is 4. The quantitative estimate of drug-likeness (QED) is 0.449. The second-order valence-electron chi connectivity index (χ2n) is 3.13. The molecule has 1 heteroatoms. The summed E-state index contributed by atoms with van der Waals surface area (Å²) in [6.07, 6.45) is 4.97. The summed E-state index contributed by atoms with van der Waals surface area (Å²) in [5, 5.41) is 0. The molecule has 0 fully saturated rings. The molecule has 62 valence electrons. The minimum atomic E-state index is 0.0330. The smallest absolute Gasteiger partial charge is 0.126 e. The van der Waals surface area contributed by atoms with Gasteiger partial charge < -0.3 is 4.79 Å². The normalized spacial score (nSPS) is 14.0. The van der Waals surface area contributed by atoms with Gasteiger partial charge in [-0.2, -0.15) is 0 Å². The molecular formula is C10H16O. The summed E-state index contributed by atoms with van der Waals surface area (Å²) in [4.78, 5) is 10.3. The maximum atomic E-state index is 10.3. The average Bonchev–Trinajstić information content (AvgIpc) is 1.85. The molecule has 0 N–H and O–H groups in total. The number of carbonyl (C=O) groups is 1. The zero-order chi connectivity index (χ0) is 8.85. The van der Waals surface area contributed by atoms with Crippen molar-refractivity contribution < 1.29 is 4.79 Å². The maximum Gasteiger partial charge on any atom is 0.126 e. The Hall–Kier alpha value is -0.850. The van der Waals surface area contributed by atoms with Crippen LogP contribution in [0.4, 0.5) is 0 Å². The van der Waals surface area contributed by atoms with Crippen LogP contribution in [0.5, 0.6) is 0 Å². The third kappa shape index (κ3) is 5.59. The van der Waals surface area contributed by atoms with E-state index >= 15 is 0 Å². The van der Waals surface area contributed by atoms with E-state index in [9.17, 15) is 4.79 Å². The topological polar surface area (TPSA) is 17.1 Å². The van der Waals surface area contributed by atoms with E-state index < -0.39 is 0 Å². The monoisotopic (exact) mass is 152 g/mol. The molecule has 0 aliphatic heterocycles. The predicted octanol–water partition coefficient (Wildman–Crippen LogP) is 2.73. The first-order chi connectivity index (χ1) is 5.06. The number of carbonyl (C=O) groups excluding carboxylic acids is 1. The van der Waals surface area contributed by atoms with Crippen molar-refractivity contribution in [2.24, 2.45) is 5.92 Å². The fraction of sp³-hybridized carbons (Fsp3) is 0.500. The first-order valence-electron chi connectivity index (χ1n) is 3.85. The lowest BCUT2D eigenvalue weighted by Crippen LogP contribution is -1.90. The van der Waals surface area contributed by atoms with E-state index in [-0.39, 0.29) is 5.92 Å². The van der Waals surface area contributed by atoms with Gasteiger partial charge >= 0.3 is 0 Å². The van der Waals surface area contributed by atoms with Gasteiger partial charge in [-0.3, -0.25) is 0 Å². The summed E-state index contributed by atoms with van der Waals surface area (Å²) in [6.45, 7) is 7.98. The number of hydrogen-bond acceptors (Lipinski definition) is 1. The van der Waals surface area contributed by atoms with Gasteiger partial charge in [-0.25, -0.2) is 0 Å². The van der Waals surface area contributed by atoms with Crippen molar-refractivity contribution in [2.45, 2.75) is 27.7 Å². The summed E-state index contributed by atoms with van der Waals surface area (Å²) in [5.74, 6) is 0.0330. The summed E-state index contributed by atoms with van der Waals surface area (Å²) in [6, 6.07) is 0. The van der Waals surface area contributed by atoms with E-state index in [0.29, 0.717) is 0 Å². The molecule has 0 saturated carbocycles. The van der Waals surface area contributed by atoms with Crippen molar-refractivity contribution in [3.63, 3.8) is 0 Å². The van der Waals surface area contributed by atoms with Gasteiger partial charge in [-0.1, -0.05) is 30.2 Å². The van der Waals surface area contributed by atoms with Gasteiger partial charge in [0.05, 0.1) is 0 Å². The lowest BCUT2D eigenvalue weighted by molar-refractivity contribution is -0.109. The molecule has 0 aliphatic carbocycles. The fourth-order valence-electron chi connectivity index (χ4n) is 0.957. The highest BCUT2D eigenvalue weighted by atomic mass is 16.1. The zero-order valence-electron chi connectivity index (χ0n) is 7.72. The standard InChI is InChI=1S/C10H16O/c1-8(2)5-9(3)6-10(4)7-11/h5-7,10H,1-4H3/b9-6-. The molecule has 0 aromatic carbocycles. The Kier molecular flexibility index (Phi) is 4.51.